The molecule has 2 N–H and O–H groups in total. The smallest absolute Gasteiger partial charge is 0.200 e. The number of aliphatic imine (C=N–C) groups is 1. The maximum absolute atomic E-state index is 9.58. The molecule has 24 heavy (non-hydrogen) atoms. The van der Waals surface area contributed by atoms with E-state index >= 15 is 0 Å². The molecule has 2 heterocycles. The fraction of sp³-hybridized carbons (Fsp3) is 0.105. The van der Waals surface area contributed by atoms with E-state index < -0.39 is 6.10 Å². The van der Waals surface area contributed by atoms with Gasteiger partial charge in [-0.2, -0.15) is 10.5 Å². The summed E-state index contributed by atoms with van der Waals surface area (Å²) in [5, 5.41) is 18.7. The Morgan fingerprint density at radius 1 is 1.17 bits per heavy atom. The van der Waals surface area contributed by atoms with Crippen molar-refractivity contribution in [1.29, 1.82) is 10.5 Å². The summed E-state index contributed by atoms with van der Waals surface area (Å²) in [5.74, 6) is -0.231. The molecule has 1 aromatic carbocycles. The van der Waals surface area contributed by atoms with Crippen LogP contribution >= 0.6 is 0 Å². The molecular formula is C19H12N4O. The molecular weight excluding hydrogens is 300 g/mol. The number of fused-ring (bicyclic) bond motifs is 3. The van der Waals surface area contributed by atoms with Crippen molar-refractivity contribution in [2.45, 2.75) is 12.0 Å². The van der Waals surface area contributed by atoms with Gasteiger partial charge in [0, 0.05) is 17.7 Å². The van der Waals surface area contributed by atoms with Gasteiger partial charge in [-0.3, -0.25) is 4.99 Å². The van der Waals surface area contributed by atoms with E-state index in [4.69, 9.17) is 15.7 Å². The van der Waals surface area contributed by atoms with Crippen LogP contribution in [0.2, 0.25) is 0 Å². The molecule has 2 unspecified atom stereocenters. The number of hydrogen-bond donors (Lipinski definition) is 1. The maximum atomic E-state index is 9.58. The number of nitrogens with two attached hydrogens (primary N) is 1. The molecule has 1 aliphatic carbocycles. The van der Waals surface area contributed by atoms with E-state index in [0.717, 1.165) is 22.4 Å². The highest BCUT2D eigenvalue weighted by atomic mass is 16.5. The average Bonchev–Trinajstić information content (AvgIpc) is 3.09. The molecule has 4 rings (SSSR count). The summed E-state index contributed by atoms with van der Waals surface area (Å²) in [7, 11) is 0. The second kappa shape index (κ2) is 5.26. The predicted molar refractivity (Wildman–Crippen MR) is 88.3 cm³/mol. The van der Waals surface area contributed by atoms with Crippen molar-refractivity contribution in [2.75, 3.05) is 0 Å². The summed E-state index contributed by atoms with van der Waals surface area (Å²) in [5.41, 5.74) is 10.5. The van der Waals surface area contributed by atoms with Gasteiger partial charge in [-0.05, 0) is 29.3 Å². The molecule has 5 heteroatoms. The van der Waals surface area contributed by atoms with Crippen molar-refractivity contribution in [1.82, 2.24) is 0 Å². The first-order valence-electron chi connectivity index (χ1n) is 7.45. The summed E-state index contributed by atoms with van der Waals surface area (Å²) in [4.78, 5) is 4.38. The van der Waals surface area contributed by atoms with Crippen LogP contribution in [0.1, 0.15) is 17.0 Å². The van der Waals surface area contributed by atoms with E-state index in [9.17, 15) is 5.26 Å². The molecule has 0 radical (unpaired) electrons. The first-order valence-corrected chi connectivity index (χ1v) is 7.45. The number of hydrogen-bond acceptors (Lipinski definition) is 5. The van der Waals surface area contributed by atoms with Gasteiger partial charge in [0.2, 0.25) is 0 Å². The number of benzene rings is 1. The molecule has 0 amide bonds. The van der Waals surface area contributed by atoms with Crippen LogP contribution in [0.5, 0.6) is 0 Å². The summed E-state index contributed by atoms with van der Waals surface area (Å²) >= 11 is 0. The third-order valence-electron chi connectivity index (χ3n) is 4.37. The molecule has 0 fully saturated rings. The number of allylic oxidation sites excluding steroid dienone is 4. The van der Waals surface area contributed by atoms with Crippen LogP contribution in [0, 0.1) is 22.7 Å². The first-order chi connectivity index (χ1) is 11.7. The molecule has 3 aliphatic rings. The highest BCUT2D eigenvalue weighted by molar-refractivity contribution is 6.11. The Morgan fingerprint density at radius 3 is 2.83 bits per heavy atom. The summed E-state index contributed by atoms with van der Waals surface area (Å²) < 4.78 is 5.81. The largest absolute Gasteiger partial charge is 0.464 e. The standard InChI is InChI=1S/C19H12N4O/c20-9-11-2-1-3-13(8-11)16-14-5-4-12-6-7-23-17(12)18(14)24-19(22)15(16)10-21/h1-8,16,18H,22H2. The average molecular weight is 312 g/mol. The van der Waals surface area contributed by atoms with Crippen molar-refractivity contribution in [3.8, 4) is 12.1 Å². The number of ether oxygens (including phenoxy) is 1. The Morgan fingerprint density at radius 2 is 2.04 bits per heavy atom. The highest BCUT2D eigenvalue weighted by Crippen LogP contribution is 2.43. The molecule has 0 saturated carbocycles. The zero-order valence-corrected chi connectivity index (χ0v) is 12.6. The molecule has 0 bridgehead atoms. The van der Waals surface area contributed by atoms with Crippen molar-refractivity contribution in [3.05, 3.63) is 82.4 Å². The molecule has 5 nitrogen and oxygen atoms in total. The second-order valence-corrected chi connectivity index (χ2v) is 5.68. The van der Waals surface area contributed by atoms with Crippen LogP contribution in [-0.4, -0.2) is 11.8 Å². The van der Waals surface area contributed by atoms with Gasteiger partial charge < -0.3 is 10.5 Å². The Hall–Kier alpha value is -3.57. The lowest BCUT2D eigenvalue weighted by Gasteiger charge is -2.35. The third kappa shape index (κ3) is 1.96. The van der Waals surface area contributed by atoms with E-state index in [1.165, 1.54) is 0 Å². The summed E-state index contributed by atoms with van der Waals surface area (Å²) in [6.45, 7) is 0. The van der Waals surface area contributed by atoms with Crippen molar-refractivity contribution >= 4 is 5.71 Å². The fourth-order valence-corrected chi connectivity index (χ4v) is 3.29. The zero-order valence-electron chi connectivity index (χ0n) is 12.6. The van der Waals surface area contributed by atoms with Gasteiger partial charge in [0.1, 0.15) is 11.6 Å². The van der Waals surface area contributed by atoms with E-state index in [0.29, 0.717) is 11.1 Å². The Balaban J connectivity index is 1.91. The van der Waals surface area contributed by atoms with Crippen molar-refractivity contribution in [2.24, 2.45) is 10.7 Å². The van der Waals surface area contributed by atoms with Crippen molar-refractivity contribution < 1.29 is 4.74 Å². The molecule has 114 valence electrons. The van der Waals surface area contributed by atoms with Gasteiger partial charge in [-0.1, -0.05) is 24.3 Å². The lowest BCUT2D eigenvalue weighted by atomic mass is 9.76. The fourth-order valence-electron chi connectivity index (χ4n) is 3.29. The van der Waals surface area contributed by atoms with Gasteiger partial charge in [0.15, 0.2) is 12.0 Å². The van der Waals surface area contributed by atoms with Crippen molar-refractivity contribution in [3.63, 3.8) is 0 Å². The van der Waals surface area contributed by atoms with E-state index in [-0.39, 0.29) is 11.8 Å². The minimum atomic E-state index is -0.409. The van der Waals surface area contributed by atoms with Crippen LogP contribution in [0.25, 0.3) is 0 Å². The highest BCUT2D eigenvalue weighted by Gasteiger charge is 2.40. The zero-order chi connectivity index (χ0) is 16.7. The normalized spacial score (nSPS) is 23.8. The minimum Gasteiger partial charge on any atom is -0.464 e. The molecule has 1 aromatic rings. The van der Waals surface area contributed by atoms with Gasteiger partial charge in [-0.25, -0.2) is 0 Å². The maximum Gasteiger partial charge on any atom is 0.200 e. The van der Waals surface area contributed by atoms with Crippen LogP contribution < -0.4 is 5.73 Å². The number of nitrogens with zero attached hydrogens (tertiary/aromatic N) is 3. The molecule has 0 spiro atoms. The molecule has 0 saturated heterocycles. The quantitative estimate of drug-likeness (QED) is 0.862. The van der Waals surface area contributed by atoms with E-state index in [1.807, 2.05) is 30.4 Å². The molecule has 0 aromatic heterocycles. The minimum absolute atomic E-state index is 0.114. The van der Waals surface area contributed by atoms with Gasteiger partial charge in [0.25, 0.3) is 0 Å². The monoisotopic (exact) mass is 312 g/mol. The second-order valence-electron chi connectivity index (χ2n) is 5.68. The number of rotatable bonds is 1. The third-order valence-corrected chi connectivity index (χ3v) is 4.37. The molecule has 2 aliphatic heterocycles. The lowest BCUT2D eigenvalue weighted by Crippen LogP contribution is -2.37. The SMILES string of the molecule is N#CC1=C(N)OC2C(=CC=C3C=CN=C32)C1c1cccc(C#N)c1. The van der Waals surface area contributed by atoms with Crippen LogP contribution in [0.4, 0.5) is 0 Å². The van der Waals surface area contributed by atoms with Crippen LogP contribution in [-0.2, 0) is 4.74 Å². The van der Waals surface area contributed by atoms with E-state index in [1.54, 1.807) is 18.3 Å². The van der Waals surface area contributed by atoms with Gasteiger partial charge in [0.05, 0.1) is 17.3 Å². The van der Waals surface area contributed by atoms with Gasteiger partial charge in [-0.15, -0.1) is 0 Å². The summed E-state index contributed by atoms with van der Waals surface area (Å²) in [6, 6.07) is 11.5. The Kier molecular flexibility index (Phi) is 3.08. The topological polar surface area (TPSA) is 95.2 Å². The Bertz CT molecular complexity index is 979. The van der Waals surface area contributed by atoms with E-state index in [2.05, 4.69) is 17.1 Å². The predicted octanol–water partition coefficient (Wildman–Crippen LogP) is 2.57. The van der Waals surface area contributed by atoms with Gasteiger partial charge >= 0.3 is 0 Å². The van der Waals surface area contributed by atoms with Crippen LogP contribution in [0.15, 0.2) is 76.3 Å². The first kappa shape index (κ1) is 14.0. The lowest BCUT2D eigenvalue weighted by molar-refractivity contribution is 0.173. The Labute approximate surface area is 139 Å². The number of nitriles is 2. The molecule has 2 atom stereocenters. The van der Waals surface area contributed by atoms with Crippen LogP contribution in [0.3, 0.4) is 0 Å². The summed E-state index contributed by atoms with van der Waals surface area (Å²) in [6.07, 6.45) is 7.16.